The number of esters is 2. The maximum Gasteiger partial charge on any atom is 0.420 e. The highest BCUT2D eigenvalue weighted by Crippen LogP contribution is 2.19. The smallest absolute Gasteiger partial charge is 0.414 e. The number of carbonyl (C=O) groups is 2. The first-order valence-corrected chi connectivity index (χ1v) is 3.05. The Kier molecular flexibility index (Phi) is 1.60. The summed E-state index contributed by atoms with van der Waals surface area (Å²) in [4.78, 5) is 20.8. The maximum atomic E-state index is 10.4. The van der Waals surface area contributed by atoms with E-state index >= 15 is 0 Å². The molecular formula is C6H8O5. The molecule has 62 valence electrons. The van der Waals surface area contributed by atoms with Crippen LogP contribution in [-0.4, -0.2) is 28.9 Å². The van der Waals surface area contributed by atoms with Crippen LogP contribution in [0, 0.1) is 0 Å². The largest absolute Gasteiger partial charge is 0.420 e. The number of rotatable bonds is 1. The highest BCUT2D eigenvalue weighted by molar-refractivity contribution is 6.31. The number of hydrogen-bond donors (Lipinski definition) is 1. The van der Waals surface area contributed by atoms with Crippen molar-refractivity contribution >= 4 is 11.9 Å². The van der Waals surface area contributed by atoms with E-state index in [1.165, 1.54) is 13.8 Å². The molecule has 0 atom stereocenters. The summed E-state index contributed by atoms with van der Waals surface area (Å²) in [6.07, 6.45) is -1.18. The van der Waals surface area contributed by atoms with Gasteiger partial charge in [-0.2, -0.15) is 0 Å². The average Bonchev–Trinajstić information content (AvgIpc) is 2.11. The monoisotopic (exact) mass is 160 g/mol. The predicted molar refractivity (Wildman–Crippen MR) is 32.3 cm³/mol. The van der Waals surface area contributed by atoms with E-state index in [9.17, 15) is 14.7 Å². The summed E-state index contributed by atoms with van der Waals surface area (Å²) in [5, 5.41) is 9.20. The lowest BCUT2D eigenvalue weighted by Crippen LogP contribution is -2.36. The molecule has 0 radical (unpaired) electrons. The third-order valence-electron chi connectivity index (χ3n) is 1.17. The lowest BCUT2D eigenvalue weighted by molar-refractivity contribution is -0.179. The van der Waals surface area contributed by atoms with Crippen molar-refractivity contribution in [3.05, 3.63) is 0 Å². The van der Waals surface area contributed by atoms with Crippen LogP contribution in [-0.2, 0) is 19.1 Å². The Balaban J connectivity index is 2.68. The van der Waals surface area contributed by atoms with Crippen LogP contribution in [0.4, 0.5) is 0 Å². The molecule has 1 saturated heterocycles. The van der Waals surface area contributed by atoms with Gasteiger partial charge in [-0.3, -0.25) is 0 Å². The van der Waals surface area contributed by atoms with Gasteiger partial charge in [0.25, 0.3) is 6.29 Å². The van der Waals surface area contributed by atoms with Gasteiger partial charge in [0.15, 0.2) is 0 Å². The Morgan fingerprint density at radius 3 is 1.82 bits per heavy atom. The minimum atomic E-state index is -1.35. The van der Waals surface area contributed by atoms with Gasteiger partial charge in [-0.05, 0) is 13.8 Å². The zero-order valence-corrected chi connectivity index (χ0v) is 6.16. The number of aliphatic hydroxyl groups is 1. The van der Waals surface area contributed by atoms with Crippen molar-refractivity contribution in [1.82, 2.24) is 0 Å². The van der Waals surface area contributed by atoms with Crippen LogP contribution in [0.5, 0.6) is 0 Å². The van der Waals surface area contributed by atoms with Crippen LogP contribution in [0.1, 0.15) is 13.8 Å². The molecule has 0 bridgehead atoms. The molecule has 1 rings (SSSR count). The fourth-order valence-electron chi connectivity index (χ4n) is 0.603. The van der Waals surface area contributed by atoms with Crippen molar-refractivity contribution in [3.63, 3.8) is 0 Å². The summed E-state index contributed by atoms with van der Waals surface area (Å²) in [6, 6.07) is 0. The highest BCUT2D eigenvalue weighted by Gasteiger charge is 2.43. The van der Waals surface area contributed by atoms with Crippen molar-refractivity contribution in [2.45, 2.75) is 25.7 Å². The third kappa shape index (κ3) is 1.48. The fraction of sp³-hybridized carbons (Fsp3) is 0.667. The Labute approximate surface area is 62.9 Å². The van der Waals surface area contributed by atoms with E-state index in [1.54, 1.807) is 0 Å². The quantitative estimate of drug-likeness (QED) is 0.401. The SMILES string of the molecule is CC(C)(O)C1OC(=O)C(=O)O1. The topological polar surface area (TPSA) is 72.8 Å². The predicted octanol–water partition coefficient (Wildman–Crippen LogP) is -0.817. The van der Waals surface area contributed by atoms with E-state index in [0.29, 0.717) is 0 Å². The molecular weight excluding hydrogens is 152 g/mol. The van der Waals surface area contributed by atoms with E-state index < -0.39 is 23.8 Å². The van der Waals surface area contributed by atoms with E-state index in [1.807, 2.05) is 0 Å². The number of carbonyl (C=O) groups excluding carboxylic acids is 2. The fourth-order valence-corrected chi connectivity index (χ4v) is 0.603. The van der Waals surface area contributed by atoms with Crippen LogP contribution >= 0.6 is 0 Å². The van der Waals surface area contributed by atoms with Crippen molar-refractivity contribution in [3.8, 4) is 0 Å². The summed E-state index contributed by atoms with van der Waals surface area (Å²) >= 11 is 0. The molecule has 0 saturated carbocycles. The lowest BCUT2D eigenvalue weighted by Gasteiger charge is -2.21. The van der Waals surface area contributed by atoms with Crippen molar-refractivity contribution in [2.24, 2.45) is 0 Å². The Hall–Kier alpha value is -1.10. The molecule has 0 aliphatic carbocycles. The normalized spacial score (nSPS) is 19.9. The van der Waals surface area contributed by atoms with Crippen molar-refractivity contribution in [2.75, 3.05) is 0 Å². The minimum Gasteiger partial charge on any atom is -0.414 e. The average molecular weight is 160 g/mol. The molecule has 0 spiro atoms. The molecule has 0 aromatic rings. The number of hydrogen-bond acceptors (Lipinski definition) is 5. The van der Waals surface area contributed by atoms with Crippen LogP contribution in [0.2, 0.25) is 0 Å². The summed E-state index contributed by atoms with van der Waals surface area (Å²) in [5.41, 5.74) is -1.35. The Bertz CT molecular complexity index is 186. The minimum absolute atomic E-state index is 1.06. The van der Waals surface area contributed by atoms with Crippen molar-refractivity contribution in [1.29, 1.82) is 0 Å². The molecule has 1 aliphatic heterocycles. The van der Waals surface area contributed by atoms with Gasteiger partial charge in [-0.1, -0.05) is 0 Å². The summed E-state index contributed by atoms with van der Waals surface area (Å²) < 4.78 is 8.75. The molecule has 1 fully saturated rings. The van der Waals surface area contributed by atoms with Gasteiger partial charge in [0.2, 0.25) is 0 Å². The first-order chi connectivity index (χ1) is 4.91. The van der Waals surface area contributed by atoms with Gasteiger partial charge in [0.05, 0.1) is 0 Å². The van der Waals surface area contributed by atoms with Crippen LogP contribution in [0.15, 0.2) is 0 Å². The molecule has 1 heterocycles. The third-order valence-corrected chi connectivity index (χ3v) is 1.17. The second-order valence-electron chi connectivity index (χ2n) is 2.80. The number of ether oxygens (including phenoxy) is 2. The van der Waals surface area contributed by atoms with Gasteiger partial charge < -0.3 is 14.6 Å². The van der Waals surface area contributed by atoms with E-state index in [2.05, 4.69) is 9.47 Å². The summed E-state index contributed by atoms with van der Waals surface area (Å²) in [5.74, 6) is -2.12. The maximum absolute atomic E-state index is 10.4. The molecule has 0 aromatic carbocycles. The molecule has 0 amide bonds. The molecule has 5 nitrogen and oxygen atoms in total. The van der Waals surface area contributed by atoms with Gasteiger partial charge >= 0.3 is 11.9 Å². The second kappa shape index (κ2) is 2.20. The molecule has 0 aromatic heterocycles. The first kappa shape index (κ1) is 8.00. The zero-order valence-electron chi connectivity index (χ0n) is 6.16. The van der Waals surface area contributed by atoms with E-state index in [-0.39, 0.29) is 0 Å². The van der Waals surface area contributed by atoms with Crippen LogP contribution in [0.3, 0.4) is 0 Å². The highest BCUT2D eigenvalue weighted by atomic mass is 16.8. The number of cyclic esters (lactones) is 2. The molecule has 1 aliphatic rings. The molecule has 1 N–H and O–H groups in total. The van der Waals surface area contributed by atoms with E-state index in [0.717, 1.165) is 0 Å². The van der Waals surface area contributed by atoms with Crippen LogP contribution in [0.25, 0.3) is 0 Å². The van der Waals surface area contributed by atoms with Gasteiger partial charge in [0, 0.05) is 0 Å². The molecule has 0 unspecified atom stereocenters. The molecule has 5 heteroatoms. The molecule has 11 heavy (non-hydrogen) atoms. The van der Waals surface area contributed by atoms with Gasteiger partial charge in [0.1, 0.15) is 5.60 Å². The Morgan fingerprint density at radius 2 is 1.64 bits per heavy atom. The first-order valence-electron chi connectivity index (χ1n) is 3.05. The summed E-state index contributed by atoms with van der Waals surface area (Å²) in [7, 11) is 0. The lowest BCUT2D eigenvalue weighted by atomic mass is 10.1. The summed E-state index contributed by atoms with van der Waals surface area (Å²) in [6.45, 7) is 2.76. The van der Waals surface area contributed by atoms with Gasteiger partial charge in [-0.25, -0.2) is 9.59 Å². The van der Waals surface area contributed by atoms with Gasteiger partial charge in [-0.15, -0.1) is 0 Å². The Morgan fingerprint density at radius 1 is 1.27 bits per heavy atom. The zero-order chi connectivity index (χ0) is 8.65. The standard InChI is InChI=1S/C6H8O5/c1-6(2,9)5-10-3(7)4(8)11-5/h5,9H,1-2H3. The van der Waals surface area contributed by atoms with Crippen molar-refractivity contribution < 1.29 is 24.2 Å². The second-order valence-corrected chi connectivity index (χ2v) is 2.80. The van der Waals surface area contributed by atoms with Crippen LogP contribution < -0.4 is 0 Å². The van der Waals surface area contributed by atoms with E-state index in [4.69, 9.17) is 0 Å².